The van der Waals surface area contributed by atoms with Crippen LogP contribution in [0.15, 0.2) is 36.7 Å². The van der Waals surface area contributed by atoms with Crippen molar-refractivity contribution < 1.29 is 9.13 Å². The lowest BCUT2D eigenvalue weighted by atomic mass is 10.3. The topological polar surface area (TPSA) is 86.0 Å². The molecule has 0 aliphatic heterocycles. The van der Waals surface area contributed by atoms with Gasteiger partial charge < -0.3 is 15.8 Å². The van der Waals surface area contributed by atoms with Crippen molar-refractivity contribution in [2.75, 3.05) is 18.1 Å². The van der Waals surface area contributed by atoms with E-state index in [0.717, 1.165) is 0 Å². The number of ether oxygens (including phenoxy) is 1. The molecule has 0 bridgehead atoms. The summed E-state index contributed by atoms with van der Waals surface area (Å²) < 4.78 is 19.1. The summed E-state index contributed by atoms with van der Waals surface area (Å²) in [6, 6.07) is 5.89. The Hall–Kier alpha value is -2.96. The fourth-order valence-electron chi connectivity index (χ4n) is 1.80. The molecule has 0 spiro atoms. The number of benzene rings is 1. The molecule has 6 nitrogen and oxygen atoms in total. The number of fused-ring (bicyclic) bond motifs is 1. The largest absolute Gasteiger partial charge is 0.455 e. The van der Waals surface area contributed by atoms with E-state index < -0.39 is 5.82 Å². The van der Waals surface area contributed by atoms with E-state index in [2.05, 4.69) is 20.3 Å². The second-order valence-corrected chi connectivity index (χ2v) is 4.27. The Labute approximate surface area is 119 Å². The maximum atomic E-state index is 13.4. The van der Waals surface area contributed by atoms with Gasteiger partial charge in [-0.2, -0.15) is 0 Å². The minimum absolute atomic E-state index is 0.0698. The fraction of sp³-hybridized carbons (Fsp3) is 0.0714. The molecule has 2 aromatic heterocycles. The maximum absolute atomic E-state index is 13.4. The van der Waals surface area contributed by atoms with Gasteiger partial charge in [0.15, 0.2) is 16.9 Å². The maximum Gasteiger partial charge on any atom is 0.184 e. The first-order chi connectivity index (χ1) is 10.2. The number of anilines is 2. The first kappa shape index (κ1) is 13.0. The van der Waals surface area contributed by atoms with Crippen molar-refractivity contribution in [1.29, 1.82) is 0 Å². The molecule has 0 unspecified atom stereocenters. The van der Waals surface area contributed by atoms with Gasteiger partial charge in [0.25, 0.3) is 0 Å². The summed E-state index contributed by atoms with van der Waals surface area (Å²) >= 11 is 0. The molecule has 0 atom stereocenters. The Balaban J connectivity index is 2.02. The van der Waals surface area contributed by atoms with Gasteiger partial charge in [-0.3, -0.25) is 0 Å². The Bertz CT molecular complexity index is 808. The van der Waals surface area contributed by atoms with Crippen molar-refractivity contribution in [3.63, 3.8) is 0 Å². The monoisotopic (exact) mass is 285 g/mol. The van der Waals surface area contributed by atoms with E-state index in [4.69, 9.17) is 10.5 Å². The molecule has 3 rings (SSSR count). The average Bonchev–Trinajstić information content (AvgIpc) is 2.50. The molecule has 7 heteroatoms. The lowest BCUT2D eigenvalue weighted by Gasteiger charge is -2.08. The van der Waals surface area contributed by atoms with Gasteiger partial charge in [0, 0.05) is 25.4 Å². The summed E-state index contributed by atoms with van der Waals surface area (Å²) in [5.41, 5.74) is 6.44. The van der Waals surface area contributed by atoms with Gasteiger partial charge in [-0.1, -0.05) is 0 Å². The number of nitrogens with two attached hydrogens (primary N) is 1. The van der Waals surface area contributed by atoms with Crippen LogP contribution in [0.1, 0.15) is 0 Å². The second-order valence-electron chi connectivity index (χ2n) is 4.27. The molecule has 1 aromatic carbocycles. The van der Waals surface area contributed by atoms with E-state index in [1.165, 1.54) is 12.1 Å². The Morgan fingerprint density at radius 1 is 1.24 bits per heavy atom. The third kappa shape index (κ3) is 2.53. The standard InChI is InChI=1S/C14H12FN5O/c1-17-12-7-19-13-11(4-5-18-14(13)20-12)21-8-2-3-10(16)9(15)6-8/h2-7H,16H2,1H3,(H,17,18,20). The summed E-state index contributed by atoms with van der Waals surface area (Å²) in [6.07, 6.45) is 3.12. The lowest BCUT2D eigenvalue weighted by molar-refractivity contribution is 0.481. The Kier molecular flexibility index (Phi) is 3.23. The summed E-state index contributed by atoms with van der Waals surface area (Å²) in [7, 11) is 1.74. The van der Waals surface area contributed by atoms with Gasteiger partial charge in [0.2, 0.25) is 0 Å². The number of aromatic nitrogens is 3. The van der Waals surface area contributed by atoms with E-state index in [-0.39, 0.29) is 5.69 Å². The normalized spacial score (nSPS) is 10.6. The van der Waals surface area contributed by atoms with Crippen LogP contribution in [-0.4, -0.2) is 22.0 Å². The summed E-state index contributed by atoms with van der Waals surface area (Å²) in [5.74, 6) is 0.841. The number of hydrogen-bond donors (Lipinski definition) is 2. The molecule has 3 N–H and O–H groups in total. The lowest BCUT2D eigenvalue weighted by Crippen LogP contribution is -1.97. The molecule has 0 fully saturated rings. The molecule has 0 saturated heterocycles. The average molecular weight is 285 g/mol. The summed E-state index contributed by atoms with van der Waals surface area (Å²) in [4.78, 5) is 12.7. The molecule has 3 aromatic rings. The van der Waals surface area contributed by atoms with Crippen molar-refractivity contribution >= 4 is 22.7 Å². The highest BCUT2D eigenvalue weighted by atomic mass is 19.1. The van der Waals surface area contributed by atoms with Crippen LogP contribution in [0.5, 0.6) is 11.5 Å². The number of hydrogen-bond acceptors (Lipinski definition) is 6. The fourth-order valence-corrected chi connectivity index (χ4v) is 1.80. The minimum Gasteiger partial charge on any atom is -0.455 e. The zero-order valence-corrected chi connectivity index (χ0v) is 11.2. The Morgan fingerprint density at radius 3 is 2.86 bits per heavy atom. The van der Waals surface area contributed by atoms with Crippen LogP contribution in [-0.2, 0) is 0 Å². The molecule has 0 saturated carbocycles. The van der Waals surface area contributed by atoms with Gasteiger partial charge >= 0.3 is 0 Å². The van der Waals surface area contributed by atoms with Crippen molar-refractivity contribution in [3.8, 4) is 11.5 Å². The first-order valence-corrected chi connectivity index (χ1v) is 6.20. The molecule has 0 radical (unpaired) electrons. The molecule has 0 aliphatic carbocycles. The SMILES string of the molecule is CNc1cnc2c(Oc3ccc(N)c(F)c3)ccnc2n1. The molecular formula is C14H12FN5O. The van der Waals surface area contributed by atoms with Crippen molar-refractivity contribution in [1.82, 2.24) is 15.0 Å². The van der Waals surface area contributed by atoms with E-state index >= 15 is 0 Å². The van der Waals surface area contributed by atoms with Gasteiger partial charge in [-0.05, 0) is 12.1 Å². The quantitative estimate of drug-likeness (QED) is 0.719. The van der Waals surface area contributed by atoms with E-state index in [1.54, 1.807) is 31.6 Å². The smallest absolute Gasteiger partial charge is 0.184 e. The van der Waals surface area contributed by atoms with E-state index in [9.17, 15) is 4.39 Å². The van der Waals surface area contributed by atoms with E-state index in [1.807, 2.05) is 0 Å². The molecule has 2 heterocycles. The number of nitrogens with zero attached hydrogens (tertiary/aromatic N) is 3. The van der Waals surface area contributed by atoms with Crippen LogP contribution in [0, 0.1) is 5.82 Å². The van der Waals surface area contributed by atoms with Crippen LogP contribution in [0.3, 0.4) is 0 Å². The van der Waals surface area contributed by atoms with Crippen LogP contribution >= 0.6 is 0 Å². The number of halogens is 1. The first-order valence-electron chi connectivity index (χ1n) is 6.20. The third-order valence-electron chi connectivity index (χ3n) is 2.87. The zero-order chi connectivity index (χ0) is 14.8. The van der Waals surface area contributed by atoms with Crippen LogP contribution in [0.4, 0.5) is 15.9 Å². The number of nitrogens with one attached hydrogen (secondary N) is 1. The van der Waals surface area contributed by atoms with Gasteiger partial charge in [-0.25, -0.2) is 19.3 Å². The highest BCUT2D eigenvalue weighted by Crippen LogP contribution is 2.28. The van der Waals surface area contributed by atoms with Gasteiger partial charge in [0.1, 0.15) is 17.4 Å². The minimum atomic E-state index is -0.533. The molecule has 106 valence electrons. The van der Waals surface area contributed by atoms with Crippen LogP contribution in [0.2, 0.25) is 0 Å². The van der Waals surface area contributed by atoms with E-state index in [0.29, 0.717) is 28.5 Å². The zero-order valence-electron chi connectivity index (χ0n) is 11.2. The second kappa shape index (κ2) is 5.20. The highest BCUT2D eigenvalue weighted by Gasteiger charge is 2.09. The number of pyridine rings is 1. The van der Waals surface area contributed by atoms with Crippen molar-refractivity contribution in [2.45, 2.75) is 0 Å². The van der Waals surface area contributed by atoms with Crippen LogP contribution in [0.25, 0.3) is 11.2 Å². The summed E-state index contributed by atoms with van der Waals surface area (Å²) in [5, 5.41) is 2.88. The molecule has 21 heavy (non-hydrogen) atoms. The van der Waals surface area contributed by atoms with Gasteiger partial charge in [-0.15, -0.1) is 0 Å². The predicted octanol–water partition coefficient (Wildman–Crippen LogP) is 2.58. The highest BCUT2D eigenvalue weighted by molar-refractivity contribution is 5.78. The number of rotatable bonds is 3. The molecule has 0 amide bonds. The van der Waals surface area contributed by atoms with Gasteiger partial charge in [0.05, 0.1) is 11.9 Å². The summed E-state index contributed by atoms with van der Waals surface area (Å²) in [6.45, 7) is 0. The number of nitrogen functional groups attached to an aromatic ring is 1. The molecular weight excluding hydrogens is 273 g/mol. The van der Waals surface area contributed by atoms with Crippen molar-refractivity contribution in [3.05, 3.63) is 42.5 Å². The Morgan fingerprint density at radius 2 is 2.10 bits per heavy atom. The van der Waals surface area contributed by atoms with Crippen LogP contribution < -0.4 is 15.8 Å². The molecule has 0 aliphatic rings. The van der Waals surface area contributed by atoms with Crippen molar-refractivity contribution in [2.24, 2.45) is 0 Å². The third-order valence-corrected chi connectivity index (χ3v) is 2.87. The predicted molar refractivity (Wildman–Crippen MR) is 77.8 cm³/mol.